The molecule has 4 heteroatoms. The first-order chi connectivity index (χ1) is 8.13. The highest BCUT2D eigenvalue weighted by molar-refractivity contribution is 9.10. The Kier molecular flexibility index (Phi) is 3.72. The number of nitrogens with one attached hydrogen (secondary N) is 1. The summed E-state index contributed by atoms with van der Waals surface area (Å²) in [5.74, 6) is 1.21. The van der Waals surface area contributed by atoms with E-state index in [4.69, 9.17) is 4.74 Å². The van der Waals surface area contributed by atoms with Crippen LogP contribution in [0.2, 0.25) is 0 Å². The van der Waals surface area contributed by atoms with Crippen LogP contribution in [0.3, 0.4) is 0 Å². The lowest BCUT2D eigenvalue weighted by Gasteiger charge is -2.12. The van der Waals surface area contributed by atoms with Crippen LogP contribution in [0.4, 0.5) is 5.69 Å². The van der Waals surface area contributed by atoms with E-state index >= 15 is 0 Å². The molecule has 1 aliphatic rings. The summed E-state index contributed by atoms with van der Waals surface area (Å²) in [6.07, 6.45) is 1.78. The summed E-state index contributed by atoms with van der Waals surface area (Å²) >= 11 is 3.57. The Labute approximate surface area is 110 Å². The van der Waals surface area contributed by atoms with E-state index in [1.165, 1.54) is 5.56 Å². The average Bonchev–Trinajstić information content (AvgIpc) is 2.52. The molecule has 1 aromatic rings. The minimum atomic E-state index is 0.111. The van der Waals surface area contributed by atoms with Gasteiger partial charge in [-0.05, 0) is 53.4 Å². The first-order valence-electron chi connectivity index (χ1n) is 5.73. The smallest absolute Gasteiger partial charge is 0.134 e. The zero-order chi connectivity index (χ0) is 12.4. The van der Waals surface area contributed by atoms with Crippen molar-refractivity contribution in [2.45, 2.75) is 19.8 Å². The molecule has 1 aromatic carbocycles. The monoisotopic (exact) mass is 297 g/mol. The van der Waals surface area contributed by atoms with Crippen LogP contribution in [-0.2, 0) is 11.2 Å². The van der Waals surface area contributed by atoms with E-state index in [1.54, 1.807) is 14.0 Å². The van der Waals surface area contributed by atoms with Gasteiger partial charge < -0.3 is 10.1 Å². The number of benzene rings is 1. The van der Waals surface area contributed by atoms with Gasteiger partial charge in [0.2, 0.25) is 0 Å². The fraction of sp³-hybridized carbons (Fsp3) is 0.462. The van der Waals surface area contributed by atoms with Crippen LogP contribution in [-0.4, -0.2) is 19.4 Å². The van der Waals surface area contributed by atoms with E-state index in [0.717, 1.165) is 35.3 Å². The molecule has 0 radical (unpaired) electrons. The lowest BCUT2D eigenvalue weighted by atomic mass is 9.98. The topological polar surface area (TPSA) is 38.3 Å². The molecule has 0 aliphatic carbocycles. The minimum Gasteiger partial charge on any atom is -0.496 e. The molecule has 3 nitrogen and oxygen atoms in total. The molecule has 17 heavy (non-hydrogen) atoms. The number of halogens is 1. The third-order valence-corrected chi connectivity index (χ3v) is 4.15. The van der Waals surface area contributed by atoms with Gasteiger partial charge in [0.1, 0.15) is 11.5 Å². The Morgan fingerprint density at radius 2 is 2.29 bits per heavy atom. The van der Waals surface area contributed by atoms with E-state index in [2.05, 4.69) is 21.2 Å². The molecule has 1 aliphatic heterocycles. The van der Waals surface area contributed by atoms with E-state index in [9.17, 15) is 4.79 Å². The van der Waals surface area contributed by atoms with Crippen molar-refractivity contribution in [3.8, 4) is 5.75 Å². The fourth-order valence-corrected chi connectivity index (χ4v) is 2.87. The number of anilines is 1. The third kappa shape index (κ3) is 2.46. The van der Waals surface area contributed by atoms with Gasteiger partial charge in [0.15, 0.2) is 0 Å². The molecule has 1 atom stereocenters. The van der Waals surface area contributed by atoms with Crippen LogP contribution in [0.1, 0.15) is 18.9 Å². The van der Waals surface area contributed by atoms with Crippen LogP contribution in [0, 0.1) is 5.92 Å². The molecule has 0 bridgehead atoms. The van der Waals surface area contributed by atoms with Crippen LogP contribution in [0.15, 0.2) is 16.6 Å². The largest absolute Gasteiger partial charge is 0.496 e. The summed E-state index contributed by atoms with van der Waals surface area (Å²) in [5, 5.41) is 3.34. The van der Waals surface area contributed by atoms with E-state index in [-0.39, 0.29) is 11.7 Å². The van der Waals surface area contributed by atoms with Gasteiger partial charge in [-0.2, -0.15) is 0 Å². The molecule has 0 aromatic heterocycles. The average molecular weight is 298 g/mol. The molecule has 0 saturated carbocycles. The predicted molar refractivity (Wildman–Crippen MR) is 71.7 cm³/mol. The normalized spacial score (nSPS) is 18.9. The number of rotatable bonds is 2. The number of ketones is 1. The third-order valence-electron chi connectivity index (χ3n) is 3.28. The second-order valence-electron chi connectivity index (χ2n) is 4.34. The highest BCUT2D eigenvalue weighted by Crippen LogP contribution is 2.36. The SMILES string of the molecule is COc1ccc2c(c1Br)CCC(C(C)=O)CN2. The number of methoxy groups -OCH3 is 1. The Balaban J connectivity index is 2.31. The molecular formula is C13H16BrNO2. The zero-order valence-corrected chi connectivity index (χ0v) is 11.6. The van der Waals surface area contributed by atoms with Gasteiger partial charge >= 0.3 is 0 Å². The van der Waals surface area contributed by atoms with Crippen molar-refractivity contribution >= 4 is 27.4 Å². The summed E-state index contributed by atoms with van der Waals surface area (Å²) in [7, 11) is 1.66. The van der Waals surface area contributed by atoms with Gasteiger partial charge in [0, 0.05) is 18.2 Å². The standard InChI is InChI=1S/C13H16BrNO2/c1-8(16)9-3-4-10-11(15-7-9)5-6-12(17-2)13(10)14/h5-6,9,15H,3-4,7H2,1-2H3. The summed E-state index contributed by atoms with van der Waals surface area (Å²) in [6, 6.07) is 3.95. The molecule has 0 saturated heterocycles. The van der Waals surface area contributed by atoms with Crippen LogP contribution in [0.5, 0.6) is 5.75 Å². The molecule has 92 valence electrons. The summed E-state index contributed by atoms with van der Waals surface area (Å²) < 4.78 is 6.28. The molecule has 2 rings (SSSR count). The van der Waals surface area contributed by atoms with Gasteiger partial charge in [-0.3, -0.25) is 4.79 Å². The molecule has 1 heterocycles. The first kappa shape index (κ1) is 12.4. The maximum absolute atomic E-state index is 11.4. The van der Waals surface area contributed by atoms with Crippen molar-refractivity contribution in [2.24, 2.45) is 5.92 Å². The second-order valence-corrected chi connectivity index (χ2v) is 5.13. The Bertz CT molecular complexity index is 445. The molecule has 0 amide bonds. The second kappa shape index (κ2) is 5.08. The maximum Gasteiger partial charge on any atom is 0.134 e. The van der Waals surface area contributed by atoms with Gasteiger partial charge in [-0.1, -0.05) is 0 Å². The van der Waals surface area contributed by atoms with Crippen LogP contribution in [0.25, 0.3) is 0 Å². The molecule has 0 spiro atoms. The van der Waals surface area contributed by atoms with Crippen LogP contribution < -0.4 is 10.1 Å². The summed E-state index contributed by atoms with van der Waals surface area (Å²) in [5.41, 5.74) is 2.30. The lowest BCUT2D eigenvalue weighted by molar-refractivity contribution is -0.120. The number of hydrogen-bond acceptors (Lipinski definition) is 3. The molecule has 0 fully saturated rings. The number of ether oxygens (including phenoxy) is 1. The van der Waals surface area contributed by atoms with E-state index < -0.39 is 0 Å². The van der Waals surface area contributed by atoms with Gasteiger partial charge in [-0.15, -0.1) is 0 Å². The Hall–Kier alpha value is -1.03. The minimum absolute atomic E-state index is 0.111. The van der Waals surface area contributed by atoms with E-state index in [1.807, 2.05) is 12.1 Å². The number of carbonyl (C=O) groups is 1. The fourth-order valence-electron chi connectivity index (χ4n) is 2.17. The summed E-state index contributed by atoms with van der Waals surface area (Å²) in [4.78, 5) is 11.4. The highest BCUT2D eigenvalue weighted by Gasteiger charge is 2.21. The van der Waals surface area contributed by atoms with E-state index in [0.29, 0.717) is 0 Å². The van der Waals surface area contributed by atoms with Crippen molar-refractivity contribution in [1.29, 1.82) is 0 Å². The maximum atomic E-state index is 11.4. The predicted octanol–water partition coefficient (Wildman–Crippen LogP) is 3.02. The number of carbonyl (C=O) groups excluding carboxylic acids is 1. The van der Waals surface area contributed by atoms with Crippen molar-refractivity contribution in [3.05, 3.63) is 22.2 Å². The van der Waals surface area contributed by atoms with Gasteiger partial charge in [-0.25, -0.2) is 0 Å². The van der Waals surface area contributed by atoms with Crippen molar-refractivity contribution < 1.29 is 9.53 Å². The van der Waals surface area contributed by atoms with Gasteiger partial charge in [0.25, 0.3) is 0 Å². The Morgan fingerprint density at radius 3 is 2.94 bits per heavy atom. The summed E-state index contributed by atoms with van der Waals surface area (Å²) in [6.45, 7) is 2.39. The first-order valence-corrected chi connectivity index (χ1v) is 6.52. The van der Waals surface area contributed by atoms with Gasteiger partial charge in [0.05, 0.1) is 11.6 Å². The Morgan fingerprint density at radius 1 is 1.53 bits per heavy atom. The highest BCUT2D eigenvalue weighted by atomic mass is 79.9. The van der Waals surface area contributed by atoms with Crippen molar-refractivity contribution in [1.82, 2.24) is 0 Å². The number of Topliss-reactive ketones (excluding diaryl/α,β-unsaturated/α-hetero) is 1. The van der Waals surface area contributed by atoms with Crippen LogP contribution >= 0.6 is 15.9 Å². The van der Waals surface area contributed by atoms with Crippen molar-refractivity contribution in [2.75, 3.05) is 19.0 Å². The number of fused-ring (bicyclic) bond motifs is 1. The zero-order valence-electron chi connectivity index (χ0n) is 10.0. The molecule has 1 unspecified atom stereocenters. The quantitative estimate of drug-likeness (QED) is 0.912. The number of hydrogen-bond donors (Lipinski definition) is 1. The molecular weight excluding hydrogens is 282 g/mol. The van der Waals surface area contributed by atoms with Crippen molar-refractivity contribution in [3.63, 3.8) is 0 Å². The molecule has 1 N–H and O–H groups in total. The lowest BCUT2D eigenvalue weighted by Crippen LogP contribution is -2.19.